The van der Waals surface area contributed by atoms with E-state index < -0.39 is 5.56 Å². The number of aromatic amines is 1. The highest BCUT2D eigenvalue weighted by molar-refractivity contribution is 5.99. The third-order valence-corrected chi connectivity index (χ3v) is 2.61. The first-order valence-corrected chi connectivity index (χ1v) is 4.25. The maximum atomic E-state index is 11.6. The lowest BCUT2D eigenvalue weighted by Gasteiger charge is -2.15. The number of hydrogen-bond donors (Lipinski definition) is 2. The third kappa shape index (κ3) is 0.951. The average Bonchev–Trinajstić information content (AvgIpc) is 2.31. The molecule has 2 N–H and O–H groups in total. The number of carbonyl (C=O) groups excluding carboxylic acids is 1. The molecule has 0 spiro atoms. The van der Waals surface area contributed by atoms with E-state index in [0.29, 0.717) is 11.1 Å². The Bertz CT molecular complexity index is 464. The van der Waals surface area contributed by atoms with Crippen molar-refractivity contribution in [2.75, 3.05) is 7.05 Å². The van der Waals surface area contributed by atoms with E-state index in [1.54, 1.807) is 14.0 Å². The van der Waals surface area contributed by atoms with Crippen LogP contribution in [0.5, 0.6) is 5.88 Å². The summed E-state index contributed by atoms with van der Waals surface area (Å²) < 4.78 is 0. The number of carbonyl (C=O) groups is 1. The summed E-state index contributed by atoms with van der Waals surface area (Å²) >= 11 is 0. The first-order valence-electron chi connectivity index (χ1n) is 4.25. The van der Waals surface area contributed by atoms with Crippen molar-refractivity contribution in [1.82, 2.24) is 9.88 Å². The van der Waals surface area contributed by atoms with E-state index in [2.05, 4.69) is 4.98 Å². The molecule has 1 aromatic heterocycles. The van der Waals surface area contributed by atoms with Gasteiger partial charge in [0.05, 0.1) is 11.6 Å². The van der Waals surface area contributed by atoms with E-state index in [-0.39, 0.29) is 17.8 Å². The first-order chi connectivity index (χ1) is 6.52. The standard InChI is InChI=1S/C9H10N2O3/c1-4-7-5(9(14)11(4)2)3-6(12)10-8(7)13/h3-4H,1-2H3,(H2,10,12,13)/t4-/m1/s1. The van der Waals surface area contributed by atoms with Gasteiger partial charge in [0, 0.05) is 18.7 Å². The lowest BCUT2D eigenvalue weighted by molar-refractivity contribution is 0.0784. The van der Waals surface area contributed by atoms with Gasteiger partial charge in [0.1, 0.15) is 0 Å². The van der Waals surface area contributed by atoms with Crippen molar-refractivity contribution in [1.29, 1.82) is 0 Å². The van der Waals surface area contributed by atoms with Gasteiger partial charge in [-0.25, -0.2) is 0 Å². The van der Waals surface area contributed by atoms with Crippen LogP contribution in [0.3, 0.4) is 0 Å². The fourth-order valence-electron chi connectivity index (χ4n) is 1.72. The van der Waals surface area contributed by atoms with Crippen molar-refractivity contribution in [2.24, 2.45) is 0 Å². The summed E-state index contributed by atoms with van der Waals surface area (Å²) in [6.07, 6.45) is 0. The van der Waals surface area contributed by atoms with Crippen LogP contribution in [0.1, 0.15) is 28.9 Å². The van der Waals surface area contributed by atoms with E-state index in [0.717, 1.165) is 0 Å². The minimum absolute atomic E-state index is 0.200. The van der Waals surface area contributed by atoms with E-state index in [4.69, 9.17) is 0 Å². The number of nitrogens with zero attached hydrogens (tertiary/aromatic N) is 1. The van der Waals surface area contributed by atoms with Crippen LogP contribution in [0.25, 0.3) is 0 Å². The highest BCUT2D eigenvalue weighted by Crippen LogP contribution is 2.35. The van der Waals surface area contributed by atoms with E-state index in [1.807, 2.05) is 0 Å². The average molecular weight is 194 g/mol. The zero-order valence-corrected chi connectivity index (χ0v) is 7.87. The number of aromatic hydroxyl groups is 1. The molecule has 1 aromatic rings. The monoisotopic (exact) mass is 194 g/mol. The molecule has 1 aliphatic rings. The van der Waals surface area contributed by atoms with Gasteiger partial charge in [-0.1, -0.05) is 0 Å². The molecule has 0 bridgehead atoms. The molecule has 74 valence electrons. The largest absolute Gasteiger partial charge is 0.494 e. The second kappa shape index (κ2) is 2.60. The quantitative estimate of drug-likeness (QED) is 0.620. The van der Waals surface area contributed by atoms with Crippen molar-refractivity contribution < 1.29 is 9.90 Å². The zero-order valence-electron chi connectivity index (χ0n) is 7.87. The highest BCUT2D eigenvalue weighted by Gasteiger charge is 2.34. The smallest absolute Gasteiger partial charge is 0.254 e. The Morgan fingerprint density at radius 3 is 2.79 bits per heavy atom. The fraction of sp³-hybridized carbons (Fsp3) is 0.333. The Morgan fingerprint density at radius 1 is 1.50 bits per heavy atom. The number of amides is 1. The molecule has 1 amide bonds. The second-order valence-electron chi connectivity index (χ2n) is 3.40. The summed E-state index contributed by atoms with van der Waals surface area (Å²) in [6.45, 7) is 1.79. The van der Waals surface area contributed by atoms with Crippen LogP contribution in [-0.4, -0.2) is 27.9 Å². The molecule has 2 rings (SSSR count). The van der Waals surface area contributed by atoms with Crippen molar-refractivity contribution in [2.45, 2.75) is 13.0 Å². The van der Waals surface area contributed by atoms with Crippen LogP contribution in [-0.2, 0) is 0 Å². The molecule has 0 fully saturated rings. The Hall–Kier alpha value is -1.78. The first kappa shape index (κ1) is 8.80. The molecule has 1 atom stereocenters. The number of hydrogen-bond acceptors (Lipinski definition) is 3. The van der Waals surface area contributed by atoms with Gasteiger partial charge in [-0.15, -0.1) is 0 Å². The summed E-state index contributed by atoms with van der Waals surface area (Å²) in [7, 11) is 1.64. The summed E-state index contributed by atoms with van der Waals surface area (Å²) in [6, 6.07) is 1.02. The second-order valence-corrected chi connectivity index (χ2v) is 3.40. The molecule has 5 heteroatoms. The van der Waals surface area contributed by atoms with Crippen LogP contribution in [0, 0.1) is 0 Å². The predicted molar refractivity (Wildman–Crippen MR) is 49.2 cm³/mol. The molecule has 5 nitrogen and oxygen atoms in total. The number of pyridine rings is 1. The molecule has 0 aliphatic carbocycles. The normalized spacial score (nSPS) is 20.0. The van der Waals surface area contributed by atoms with Gasteiger partial charge >= 0.3 is 0 Å². The minimum atomic E-state index is -0.461. The van der Waals surface area contributed by atoms with Crippen LogP contribution in [0.2, 0.25) is 0 Å². The fourth-order valence-corrected chi connectivity index (χ4v) is 1.72. The van der Waals surface area contributed by atoms with Gasteiger partial charge in [0.25, 0.3) is 11.5 Å². The van der Waals surface area contributed by atoms with Crippen LogP contribution in [0.4, 0.5) is 0 Å². The summed E-state index contributed by atoms with van der Waals surface area (Å²) in [5.41, 5.74) is 0.329. The maximum absolute atomic E-state index is 11.6. The minimum Gasteiger partial charge on any atom is -0.494 e. The molecular weight excluding hydrogens is 184 g/mol. The Labute approximate surface area is 80.0 Å². The van der Waals surface area contributed by atoms with Crippen molar-refractivity contribution in [3.05, 3.63) is 27.5 Å². The summed E-state index contributed by atoms with van der Waals surface area (Å²) in [5.74, 6) is -0.438. The Balaban J connectivity index is 2.75. The molecule has 1 aliphatic heterocycles. The maximum Gasteiger partial charge on any atom is 0.254 e. The molecule has 0 unspecified atom stereocenters. The van der Waals surface area contributed by atoms with Gasteiger partial charge in [-0.3, -0.25) is 14.6 Å². The number of H-pyrrole nitrogens is 1. The zero-order chi connectivity index (χ0) is 10.5. The number of aromatic nitrogens is 1. The van der Waals surface area contributed by atoms with Gasteiger partial charge in [0.15, 0.2) is 5.88 Å². The van der Waals surface area contributed by atoms with Gasteiger partial charge in [0.2, 0.25) is 0 Å². The molecule has 0 saturated heterocycles. The molecule has 0 aromatic carbocycles. The highest BCUT2D eigenvalue weighted by atomic mass is 16.3. The van der Waals surface area contributed by atoms with Crippen molar-refractivity contribution >= 4 is 5.91 Å². The Kier molecular flexibility index (Phi) is 1.64. The van der Waals surface area contributed by atoms with Crippen LogP contribution >= 0.6 is 0 Å². The van der Waals surface area contributed by atoms with E-state index in [9.17, 15) is 14.7 Å². The Morgan fingerprint density at radius 2 is 2.14 bits per heavy atom. The third-order valence-electron chi connectivity index (χ3n) is 2.61. The lowest BCUT2D eigenvalue weighted by Crippen LogP contribution is -2.21. The van der Waals surface area contributed by atoms with E-state index >= 15 is 0 Å². The van der Waals surface area contributed by atoms with Crippen LogP contribution in [0.15, 0.2) is 10.9 Å². The molecule has 0 radical (unpaired) electrons. The van der Waals surface area contributed by atoms with Crippen molar-refractivity contribution in [3.8, 4) is 5.88 Å². The predicted octanol–water partition coefficient (Wildman–Crippen LogP) is 0.227. The molecule has 2 heterocycles. The summed E-state index contributed by atoms with van der Waals surface area (Å²) in [5, 5.41) is 9.48. The van der Waals surface area contributed by atoms with Gasteiger partial charge < -0.3 is 10.0 Å². The lowest BCUT2D eigenvalue weighted by atomic mass is 10.1. The van der Waals surface area contributed by atoms with Gasteiger partial charge in [-0.05, 0) is 6.92 Å². The molecule has 14 heavy (non-hydrogen) atoms. The topological polar surface area (TPSA) is 73.4 Å². The number of rotatable bonds is 0. The SMILES string of the molecule is C[C@@H]1c2c(cc(=O)[nH]c2O)C(=O)N1C. The van der Waals surface area contributed by atoms with Crippen LogP contribution < -0.4 is 5.56 Å². The summed E-state index contributed by atoms with van der Waals surface area (Å²) in [4.78, 5) is 26.3. The molecular formula is C9H10N2O3. The van der Waals surface area contributed by atoms with Gasteiger partial charge in [-0.2, -0.15) is 0 Å². The number of nitrogens with one attached hydrogen (secondary N) is 1. The van der Waals surface area contributed by atoms with E-state index in [1.165, 1.54) is 11.0 Å². The number of fused-ring (bicyclic) bond motifs is 1. The van der Waals surface area contributed by atoms with Crippen molar-refractivity contribution in [3.63, 3.8) is 0 Å². The molecule has 0 saturated carbocycles.